The summed E-state index contributed by atoms with van der Waals surface area (Å²) >= 11 is 0. The van der Waals surface area contributed by atoms with Crippen molar-refractivity contribution >= 4 is 16.0 Å². The van der Waals surface area contributed by atoms with Crippen molar-refractivity contribution < 1.29 is 27.4 Å². The summed E-state index contributed by atoms with van der Waals surface area (Å²) in [6.45, 7) is 3.93. The van der Waals surface area contributed by atoms with Crippen LogP contribution in [0.2, 0.25) is 0 Å². The maximum absolute atomic E-state index is 11.8. The van der Waals surface area contributed by atoms with Gasteiger partial charge in [0.05, 0.1) is 44.5 Å². The molecule has 1 aliphatic heterocycles. The van der Waals surface area contributed by atoms with Crippen LogP contribution in [0.4, 0.5) is 0 Å². The number of benzene rings is 1. The Morgan fingerprint density at radius 2 is 1.96 bits per heavy atom. The van der Waals surface area contributed by atoms with E-state index in [0.29, 0.717) is 51.6 Å². The molecule has 1 saturated heterocycles. The largest absolute Gasteiger partial charge is 0.494 e. The Kier molecular flexibility index (Phi) is 6.80. The molecule has 2 rings (SSSR count). The minimum Gasteiger partial charge on any atom is -0.494 e. The molecule has 0 unspecified atom stereocenters. The average molecular weight is 371 g/mol. The maximum atomic E-state index is 11.8. The number of sulfonamides is 1. The van der Waals surface area contributed by atoms with Crippen LogP contribution in [0.5, 0.6) is 5.75 Å². The summed E-state index contributed by atoms with van der Waals surface area (Å²) in [5, 5.41) is 0. The third kappa shape index (κ3) is 5.98. The maximum Gasteiger partial charge on any atom is 0.306 e. The van der Waals surface area contributed by atoms with Gasteiger partial charge in [0.1, 0.15) is 5.75 Å². The number of hydrogen-bond donors (Lipinski definition) is 1. The Labute approximate surface area is 148 Å². The molecule has 0 saturated carbocycles. The average Bonchev–Trinajstić information content (AvgIpc) is 2.50. The van der Waals surface area contributed by atoms with Crippen LogP contribution in [-0.4, -0.2) is 53.6 Å². The summed E-state index contributed by atoms with van der Waals surface area (Å²) in [5.74, 6) is 0.485. The van der Waals surface area contributed by atoms with Gasteiger partial charge in [-0.3, -0.25) is 4.79 Å². The zero-order chi connectivity index (χ0) is 18.3. The van der Waals surface area contributed by atoms with Crippen molar-refractivity contribution in [3.05, 3.63) is 29.8 Å². The molecule has 0 amide bonds. The number of hydrogen-bond acceptors (Lipinski definition) is 6. The summed E-state index contributed by atoms with van der Waals surface area (Å²) in [7, 11) is -3.16. The third-order valence-corrected chi connectivity index (χ3v) is 4.69. The summed E-state index contributed by atoms with van der Waals surface area (Å²) in [5.41, 5.74) is 0.711. The Morgan fingerprint density at radius 3 is 2.48 bits per heavy atom. The normalized spacial score (nSPS) is 16.1. The van der Waals surface area contributed by atoms with Crippen molar-refractivity contribution in [3.8, 4) is 5.75 Å². The SMILES string of the molecule is CCOC(=O)CC1(c2ccc(OCCCNS(C)(=O)=O)cc2)COC1. The molecule has 1 aromatic carbocycles. The lowest BCUT2D eigenvalue weighted by Crippen LogP contribution is -2.48. The van der Waals surface area contributed by atoms with Crippen molar-refractivity contribution in [2.45, 2.75) is 25.2 Å². The van der Waals surface area contributed by atoms with Crippen molar-refractivity contribution in [2.75, 3.05) is 39.2 Å². The number of esters is 1. The number of carbonyl (C=O) groups excluding carboxylic acids is 1. The molecule has 0 aliphatic carbocycles. The highest BCUT2D eigenvalue weighted by Gasteiger charge is 2.42. The molecule has 7 nitrogen and oxygen atoms in total. The second-order valence-corrected chi connectivity index (χ2v) is 7.98. The molecule has 0 bridgehead atoms. The standard InChI is InChI=1S/C17H25NO6S/c1-3-23-16(19)11-17(12-22-13-17)14-5-7-15(8-6-14)24-10-4-9-18-25(2,20)21/h5-8,18H,3-4,9-13H2,1-2H3. The molecule has 8 heteroatoms. The topological polar surface area (TPSA) is 90.9 Å². The summed E-state index contributed by atoms with van der Waals surface area (Å²) in [6, 6.07) is 7.58. The van der Waals surface area contributed by atoms with E-state index in [2.05, 4.69) is 4.72 Å². The molecule has 140 valence electrons. The Balaban J connectivity index is 1.85. The van der Waals surface area contributed by atoms with Crippen LogP contribution in [0, 0.1) is 0 Å². The quantitative estimate of drug-likeness (QED) is 0.491. The molecule has 0 spiro atoms. The van der Waals surface area contributed by atoms with Gasteiger partial charge >= 0.3 is 5.97 Å². The van der Waals surface area contributed by atoms with Crippen molar-refractivity contribution in [2.24, 2.45) is 0 Å². The molecule has 0 aromatic heterocycles. The van der Waals surface area contributed by atoms with Gasteiger partial charge in [0.2, 0.25) is 10.0 Å². The van der Waals surface area contributed by atoms with Gasteiger partial charge < -0.3 is 14.2 Å². The first-order valence-corrected chi connectivity index (χ1v) is 10.2. The van der Waals surface area contributed by atoms with Crippen LogP contribution >= 0.6 is 0 Å². The molecule has 1 heterocycles. The molecule has 0 atom stereocenters. The zero-order valence-corrected chi connectivity index (χ0v) is 15.4. The van der Waals surface area contributed by atoms with Gasteiger partial charge in [0.15, 0.2) is 0 Å². The first-order chi connectivity index (χ1) is 11.8. The van der Waals surface area contributed by atoms with E-state index in [1.54, 1.807) is 6.92 Å². The van der Waals surface area contributed by atoms with Gasteiger partial charge in [-0.25, -0.2) is 13.1 Å². The molecule has 1 N–H and O–H groups in total. The highest BCUT2D eigenvalue weighted by atomic mass is 32.2. The fraction of sp³-hybridized carbons (Fsp3) is 0.588. The van der Waals surface area contributed by atoms with E-state index in [4.69, 9.17) is 14.2 Å². The summed E-state index contributed by atoms with van der Waals surface area (Å²) in [4.78, 5) is 11.8. The summed E-state index contributed by atoms with van der Waals surface area (Å²) < 4.78 is 40.3. The van der Waals surface area contributed by atoms with Crippen molar-refractivity contribution in [1.29, 1.82) is 0 Å². The second kappa shape index (κ2) is 8.64. The van der Waals surface area contributed by atoms with E-state index in [1.165, 1.54) is 0 Å². The zero-order valence-electron chi connectivity index (χ0n) is 14.6. The predicted octanol–water partition coefficient (Wildman–Crippen LogP) is 1.23. The minimum atomic E-state index is -3.16. The molecule has 1 aliphatic rings. The molecule has 25 heavy (non-hydrogen) atoms. The van der Waals surface area contributed by atoms with Crippen LogP contribution in [0.25, 0.3) is 0 Å². The van der Waals surface area contributed by atoms with Gasteiger partial charge in [-0.1, -0.05) is 12.1 Å². The number of carbonyl (C=O) groups is 1. The van der Waals surface area contributed by atoms with E-state index in [1.807, 2.05) is 24.3 Å². The van der Waals surface area contributed by atoms with Crippen LogP contribution in [0.3, 0.4) is 0 Å². The van der Waals surface area contributed by atoms with Crippen LogP contribution in [0.15, 0.2) is 24.3 Å². The van der Waals surface area contributed by atoms with Gasteiger partial charge in [0, 0.05) is 6.54 Å². The van der Waals surface area contributed by atoms with Crippen LogP contribution in [0.1, 0.15) is 25.3 Å². The Morgan fingerprint density at radius 1 is 1.28 bits per heavy atom. The van der Waals surface area contributed by atoms with Crippen molar-refractivity contribution in [1.82, 2.24) is 4.72 Å². The lowest BCUT2D eigenvalue weighted by Gasteiger charge is -2.41. The van der Waals surface area contributed by atoms with E-state index >= 15 is 0 Å². The van der Waals surface area contributed by atoms with Gasteiger partial charge in [0.25, 0.3) is 0 Å². The van der Waals surface area contributed by atoms with E-state index < -0.39 is 10.0 Å². The first-order valence-electron chi connectivity index (χ1n) is 8.26. The number of ether oxygens (including phenoxy) is 3. The van der Waals surface area contributed by atoms with Gasteiger partial charge in [-0.15, -0.1) is 0 Å². The Hall–Kier alpha value is -1.64. The number of rotatable bonds is 10. The summed E-state index contributed by atoms with van der Waals surface area (Å²) in [6.07, 6.45) is 2.01. The van der Waals surface area contributed by atoms with Crippen LogP contribution < -0.4 is 9.46 Å². The lowest BCUT2D eigenvalue weighted by molar-refractivity contribution is -0.151. The molecular weight excluding hydrogens is 346 g/mol. The fourth-order valence-corrected chi connectivity index (χ4v) is 3.15. The minimum absolute atomic E-state index is 0.218. The van der Waals surface area contributed by atoms with Crippen LogP contribution in [-0.2, 0) is 29.7 Å². The van der Waals surface area contributed by atoms with Gasteiger partial charge in [-0.05, 0) is 31.0 Å². The van der Waals surface area contributed by atoms with Crippen molar-refractivity contribution in [3.63, 3.8) is 0 Å². The number of nitrogens with one attached hydrogen (secondary N) is 1. The molecule has 0 radical (unpaired) electrons. The molecule has 1 fully saturated rings. The fourth-order valence-electron chi connectivity index (χ4n) is 2.63. The van der Waals surface area contributed by atoms with Gasteiger partial charge in [-0.2, -0.15) is 0 Å². The predicted molar refractivity (Wildman–Crippen MR) is 93.1 cm³/mol. The highest BCUT2D eigenvalue weighted by Crippen LogP contribution is 2.36. The smallest absolute Gasteiger partial charge is 0.306 e. The van der Waals surface area contributed by atoms with E-state index in [0.717, 1.165) is 11.8 Å². The first kappa shape index (κ1) is 19.7. The van der Waals surface area contributed by atoms with E-state index in [9.17, 15) is 13.2 Å². The molecule has 1 aromatic rings. The second-order valence-electron chi connectivity index (χ2n) is 6.15. The Bertz CT molecular complexity index is 667. The highest BCUT2D eigenvalue weighted by molar-refractivity contribution is 7.88. The lowest BCUT2D eigenvalue weighted by atomic mass is 9.76. The monoisotopic (exact) mass is 371 g/mol. The molecular formula is C17H25NO6S. The third-order valence-electron chi connectivity index (χ3n) is 3.97. The van der Waals surface area contributed by atoms with E-state index in [-0.39, 0.29) is 11.4 Å².